The van der Waals surface area contributed by atoms with Gasteiger partial charge in [0.05, 0.1) is 11.4 Å². The van der Waals surface area contributed by atoms with Crippen LogP contribution in [0.5, 0.6) is 0 Å². The first kappa shape index (κ1) is 25.1. The fourth-order valence-electron chi connectivity index (χ4n) is 3.71. The van der Waals surface area contributed by atoms with Gasteiger partial charge in [0.2, 0.25) is 0 Å². The fourth-order valence-corrected chi connectivity index (χ4v) is 5.66. The molecule has 0 aliphatic carbocycles. The van der Waals surface area contributed by atoms with Gasteiger partial charge in [-0.3, -0.25) is 14.3 Å². The van der Waals surface area contributed by atoms with Gasteiger partial charge in [0.15, 0.2) is 5.16 Å². The SMILES string of the molecule is O=C(NCCc1ccccn1)c1csc(CSc2nnc(Cc3ccccc3)n2-c2cccc(Cl)c2)n1. The maximum absolute atomic E-state index is 12.5. The van der Waals surface area contributed by atoms with Gasteiger partial charge in [-0.1, -0.05) is 65.8 Å². The van der Waals surface area contributed by atoms with Crippen molar-refractivity contribution >= 4 is 40.6 Å². The summed E-state index contributed by atoms with van der Waals surface area (Å²) < 4.78 is 2.03. The lowest BCUT2D eigenvalue weighted by Gasteiger charge is -2.10. The molecule has 0 bridgehead atoms. The molecule has 1 N–H and O–H groups in total. The van der Waals surface area contributed by atoms with Crippen LogP contribution in [-0.4, -0.2) is 37.2 Å². The lowest BCUT2D eigenvalue weighted by Crippen LogP contribution is -2.26. The molecule has 10 heteroatoms. The number of hydrogen-bond donors (Lipinski definition) is 1. The first-order valence-electron chi connectivity index (χ1n) is 11.6. The molecule has 3 heterocycles. The molecule has 3 aromatic heterocycles. The van der Waals surface area contributed by atoms with Crippen LogP contribution >= 0.6 is 34.7 Å². The molecule has 0 fully saturated rings. The third-order valence-corrected chi connectivity index (χ3v) is 7.68. The lowest BCUT2D eigenvalue weighted by atomic mass is 10.1. The maximum atomic E-state index is 12.5. The number of nitrogens with one attached hydrogen (secondary N) is 1. The van der Waals surface area contributed by atoms with Crippen molar-refractivity contribution < 1.29 is 4.79 Å². The number of hydrogen-bond acceptors (Lipinski definition) is 7. The van der Waals surface area contributed by atoms with Crippen molar-refractivity contribution in [1.29, 1.82) is 0 Å². The number of rotatable bonds is 10. The van der Waals surface area contributed by atoms with E-state index in [1.807, 2.05) is 65.2 Å². The van der Waals surface area contributed by atoms with Gasteiger partial charge in [-0.25, -0.2) is 4.98 Å². The molecule has 0 saturated carbocycles. The summed E-state index contributed by atoms with van der Waals surface area (Å²) in [5.74, 6) is 1.20. The molecule has 0 radical (unpaired) electrons. The zero-order valence-electron chi connectivity index (χ0n) is 19.8. The van der Waals surface area contributed by atoms with E-state index in [1.165, 1.54) is 23.1 Å². The summed E-state index contributed by atoms with van der Waals surface area (Å²) in [5.41, 5.74) is 3.41. The van der Waals surface area contributed by atoms with Crippen molar-refractivity contribution in [3.63, 3.8) is 0 Å². The Morgan fingerprint density at radius 2 is 1.89 bits per heavy atom. The van der Waals surface area contributed by atoms with Gasteiger partial charge >= 0.3 is 0 Å². The highest BCUT2D eigenvalue weighted by Gasteiger charge is 2.17. The topological polar surface area (TPSA) is 85.6 Å². The second-order valence-corrected chi connectivity index (χ2v) is 10.4. The minimum atomic E-state index is -0.185. The van der Waals surface area contributed by atoms with E-state index in [0.29, 0.717) is 35.9 Å². The van der Waals surface area contributed by atoms with Crippen molar-refractivity contribution in [2.75, 3.05) is 6.54 Å². The number of pyridine rings is 1. The third kappa shape index (κ3) is 6.62. The van der Waals surface area contributed by atoms with E-state index in [-0.39, 0.29) is 5.91 Å². The van der Waals surface area contributed by atoms with Gasteiger partial charge in [0.1, 0.15) is 16.5 Å². The van der Waals surface area contributed by atoms with Gasteiger partial charge in [0.25, 0.3) is 5.91 Å². The standard InChI is InChI=1S/C27H23ClN6OS2/c28-20-9-6-11-22(16-20)34-24(15-19-7-2-1-3-8-19)32-33-27(34)37-18-25-31-23(17-36-25)26(35)30-14-12-21-10-4-5-13-29-21/h1-11,13,16-17H,12,14-15,18H2,(H,30,35). The van der Waals surface area contributed by atoms with E-state index < -0.39 is 0 Å². The number of carbonyl (C=O) groups excluding carboxylic acids is 1. The summed E-state index contributed by atoms with van der Waals surface area (Å²) in [4.78, 5) is 21.3. The second-order valence-electron chi connectivity index (χ2n) is 8.12. The highest BCUT2D eigenvalue weighted by Crippen LogP contribution is 2.28. The van der Waals surface area contributed by atoms with Crippen LogP contribution in [-0.2, 0) is 18.6 Å². The minimum absolute atomic E-state index is 0.185. The van der Waals surface area contributed by atoms with E-state index >= 15 is 0 Å². The van der Waals surface area contributed by atoms with Crippen LogP contribution in [0.4, 0.5) is 0 Å². The van der Waals surface area contributed by atoms with E-state index in [4.69, 9.17) is 11.6 Å². The lowest BCUT2D eigenvalue weighted by molar-refractivity contribution is 0.0949. The molecular formula is C27H23ClN6OS2. The van der Waals surface area contributed by atoms with Crippen LogP contribution in [0.15, 0.2) is 89.5 Å². The first-order valence-corrected chi connectivity index (χ1v) is 13.9. The number of nitrogens with zero attached hydrogens (tertiary/aromatic N) is 5. The number of aromatic nitrogens is 5. The molecule has 0 aliphatic rings. The van der Waals surface area contributed by atoms with Gasteiger partial charge < -0.3 is 5.32 Å². The van der Waals surface area contributed by atoms with Gasteiger partial charge in [-0.15, -0.1) is 21.5 Å². The van der Waals surface area contributed by atoms with Crippen molar-refractivity contribution in [1.82, 2.24) is 30.0 Å². The van der Waals surface area contributed by atoms with Gasteiger partial charge in [-0.05, 0) is 35.9 Å². The maximum Gasteiger partial charge on any atom is 0.270 e. The molecule has 5 rings (SSSR count). The number of halogens is 1. The van der Waals surface area contributed by atoms with Gasteiger partial charge in [-0.2, -0.15) is 0 Å². The van der Waals surface area contributed by atoms with Crippen molar-refractivity contribution in [2.45, 2.75) is 23.8 Å². The molecule has 0 atom stereocenters. The molecule has 0 unspecified atom stereocenters. The normalized spacial score (nSPS) is 10.9. The molecule has 7 nitrogen and oxygen atoms in total. The number of carbonyl (C=O) groups is 1. The Hall–Kier alpha value is -3.53. The molecule has 1 amide bonds. The van der Waals surface area contributed by atoms with Crippen LogP contribution in [0.25, 0.3) is 5.69 Å². The zero-order chi connectivity index (χ0) is 25.5. The van der Waals surface area contributed by atoms with Crippen molar-refractivity contribution in [3.05, 3.63) is 117 Å². The largest absolute Gasteiger partial charge is 0.350 e. The zero-order valence-corrected chi connectivity index (χ0v) is 22.1. The van der Waals surface area contributed by atoms with Crippen LogP contribution in [0.3, 0.4) is 0 Å². The highest BCUT2D eigenvalue weighted by atomic mass is 35.5. The molecule has 2 aromatic carbocycles. The molecule has 0 aliphatic heterocycles. The molecule has 37 heavy (non-hydrogen) atoms. The van der Waals surface area contributed by atoms with Crippen LogP contribution in [0.2, 0.25) is 5.02 Å². The molecule has 5 aromatic rings. The predicted octanol–water partition coefficient (Wildman–Crippen LogP) is 5.63. The monoisotopic (exact) mass is 546 g/mol. The minimum Gasteiger partial charge on any atom is -0.350 e. The summed E-state index contributed by atoms with van der Waals surface area (Å²) in [6.07, 6.45) is 3.06. The van der Waals surface area contributed by atoms with Crippen LogP contribution < -0.4 is 5.32 Å². The number of thiazole rings is 1. The second kappa shape index (κ2) is 12.1. The average molecular weight is 547 g/mol. The predicted molar refractivity (Wildman–Crippen MR) is 148 cm³/mol. The summed E-state index contributed by atoms with van der Waals surface area (Å²) in [7, 11) is 0. The third-order valence-electron chi connectivity index (χ3n) is 5.47. The molecule has 0 saturated heterocycles. The summed E-state index contributed by atoms with van der Waals surface area (Å²) in [5, 5.41) is 15.9. The summed E-state index contributed by atoms with van der Waals surface area (Å²) >= 11 is 9.28. The van der Waals surface area contributed by atoms with Crippen molar-refractivity contribution in [3.8, 4) is 5.69 Å². The Morgan fingerprint density at radius 3 is 2.70 bits per heavy atom. The Kier molecular flexibility index (Phi) is 8.25. The Balaban J connectivity index is 1.26. The Morgan fingerprint density at radius 1 is 1.03 bits per heavy atom. The summed E-state index contributed by atoms with van der Waals surface area (Å²) in [6, 6.07) is 23.6. The molecule has 0 spiro atoms. The van der Waals surface area contributed by atoms with Crippen LogP contribution in [0.1, 0.15) is 32.6 Å². The fraction of sp³-hybridized carbons (Fsp3) is 0.148. The first-order chi connectivity index (χ1) is 18.2. The van der Waals surface area contributed by atoms with E-state index in [0.717, 1.165) is 32.9 Å². The number of benzene rings is 2. The van der Waals surface area contributed by atoms with Gasteiger partial charge in [0, 0.05) is 41.7 Å². The quantitative estimate of drug-likeness (QED) is 0.229. The van der Waals surface area contributed by atoms with E-state index in [2.05, 4.69) is 37.6 Å². The number of thioether (sulfide) groups is 1. The smallest absolute Gasteiger partial charge is 0.270 e. The number of amides is 1. The Bertz CT molecular complexity index is 1470. The summed E-state index contributed by atoms with van der Waals surface area (Å²) in [6.45, 7) is 0.504. The molecular weight excluding hydrogens is 524 g/mol. The average Bonchev–Trinajstić information content (AvgIpc) is 3.56. The Labute approximate surface area is 228 Å². The van der Waals surface area contributed by atoms with Crippen LogP contribution in [0, 0.1) is 0 Å². The van der Waals surface area contributed by atoms with E-state index in [1.54, 1.807) is 11.6 Å². The van der Waals surface area contributed by atoms with E-state index in [9.17, 15) is 4.79 Å². The van der Waals surface area contributed by atoms with Crippen molar-refractivity contribution in [2.24, 2.45) is 0 Å². The molecule has 186 valence electrons. The highest BCUT2D eigenvalue weighted by molar-refractivity contribution is 7.98.